The molecule has 2 aliphatic rings. The quantitative estimate of drug-likeness (QED) is 0.869. The highest BCUT2D eigenvalue weighted by Gasteiger charge is 2.31. The number of nitrogens with zero attached hydrogens (tertiary/aromatic N) is 3. The molecule has 5 heteroatoms. The normalized spacial score (nSPS) is 27.4. The molecule has 1 aliphatic heterocycles. The van der Waals surface area contributed by atoms with Gasteiger partial charge < -0.3 is 15.3 Å². The predicted octanol–water partition coefficient (Wildman–Crippen LogP) is 1.75. The van der Waals surface area contributed by atoms with Gasteiger partial charge in [-0.15, -0.1) is 0 Å². The summed E-state index contributed by atoms with van der Waals surface area (Å²) in [5.41, 5.74) is -0.608. The number of aliphatic hydroxyl groups is 1. The Morgan fingerprint density at radius 2 is 2.21 bits per heavy atom. The highest BCUT2D eigenvalue weighted by Crippen LogP contribution is 2.39. The molecule has 19 heavy (non-hydrogen) atoms. The molecule has 1 saturated carbocycles. The van der Waals surface area contributed by atoms with E-state index in [1.165, 1.54) is 12.8 Å². The third-order valence-electron chi connectivity index (χ3n) is 3.93. The topological polar surface area (TPSA) is 61.3 Å². The van der Waals surface area contributed by atoms with Crippen molar-refractivity contribution in [3.05, 3.63) is 11.9 Å². The van der Waals surface area contributed by atoms with Gasteiger partial charge in [0.15, 0.2) is 0 Å². The molecule has 0 amide bonds. The van der Waals surface area contributed by atoms with Crippen LogP contribution in [0.25, 0.3) is 0 Å². The van der Waals surface area contributed by atoms with E-state index in [2.05, 4.69) is 15.2 Å². The van der Waals surface area contributed by atoms with Gasteiger partial charge in [0.25, 0.3) is 0 Å². The van der Waals surface area contributed by atoms with Crippen molar-refractivity contribution in [1.29, 1.82) is 0 Å². The summed E-state index contributed by atoms with van der Waals surface area (Å²) in [5.74, 6) is 3.31. The van der Waals surface area contributed by atoms with E-state index in [4.69, 9.17) is 4.98 Å². The number of nitrogens with one attached hydrogen (secondary N) is 1. The van der Waals surface area contributed by atoms with Crippen LogP contribution in [0.5, 0.6) is 0 Å². The highest BCUT2D eigenvalue weighted by atomic mass is 16.3. The summed E-state index contributed by atoms with van der Waals surface area (Å²) in [6.07, 6.45) is 4.27. The summed E-state index contributed by atoms with van der Waals surface area (Å²) in [4.78, 5) is 11.4. The zero-order chi connectivity index (χ0) is 13.5. The number of rotatable bonds is 3. The third kappa shape index (κ3) is 2.81. The van der Waals surface area contributed by atoms with Crippen LogP contribution >= 0.6 is 0 Å². The smallest absolute Gasteiger partial charge is 0.136 e. The molecule has 1 atom stereocenters. The molecule has 5 nitrogen and oxygen atoms in total. The molecule has 2 fully saturated rings. The van der Waals surface area contributed by atoms with Crippen LogP contribution in [0.1, 0.15) is 44.3 Å². The number of aromatic nitrogens is 2. The molecule has 1 aromatic heterocycles. The van der Waals surface area contributed by atoms with Crippen molar-refractivity contribution in [3.8, 4) is 0 Å². The minimum absolute atomic E-state index is 0.539. The van der Waals surface area contributed by atoms with E-state index in [0.717, 1.165) is 36.8 Å². The Hall–Kier alpha value is -1.36. The van der Waals surface area contributed by atoms with Gasteiger partial charge in [-0.1, -0.05) is 0 Å². The van der Waals surface area contributed by atoms with Crippen LogP contribution in [0.15, 0.2) is 6.07 Å². The van der Waals surface area contributed by atoms with Gasteiger partial charge >= 0.3 is 0 Å². The van der Waals surface area contributed by atoms with Crippen LogP contribution in [0.4, 0.5) is 11.6 Å². The van der Waals surface area contributed by atoms with Crippen molar-refractivity contribution in [2.24, 2.45) is 0 Å². The Morgan fingerprint density at radius 3 is 2.84 bits per heavy atom. The Bertz CT molecular complexity index is 471. The molecule has 0 spiro atoms. The molecule has 0 bridgehead atoms. The van der Waals surface area contributed by atoms with Gasteiger partial charge in [0.1, 0.15) is 17.5 Å². The lowest BCUT2D eigenvalue weighted by Gasteiger charge is -2.37. The molecule has 1 aromatic rings. The van der Waals surface area contributed by atoms with E-state index in [-0.39, 0.29) is 0 Å². The number of hydrogen-bond donors (Lipinski definition) is 2. The molecule has 1 aliphatic carbocycles. The fourth-order valence-corrected chi connectivity index (χ4v) is 2.68. The molecule has 0 radical (unpaired) electrons. The van der Waals surface area contributed by atoms with Crippen molar-refractivity contribution >= 4 is 11.6 Å². The van der Waals surface area contributed by atoms with Crippen LogP contribution in [-0.4, -0.2) is 40.8 Å². The second kappa shape index (κ2) is 4.63. The van der Waals surface area contributed by atoms with Crippen molar-refractivity contribution in [2.45, 2.75) is 44.1 Å². The lowest BCUT2D eigenvalue weighted by Crippen LogP contribution is -2.46. The SMILES string of the molecule is CNc1cc(N2CCCC(C)(O)C2)nc(C2CC2)n1. The van der Waals surface area contributed by atoms with Crippen LogP contribution < -0.4 is 10.2 Å². The van der Waals surface area contributed by atoms with Crippen LogP contribution in [0, 0.1) is 0 Å². The molecular formula is C14H22N4O. The largest absolute Gasteiger partial charge is 0.388 e. The minimum atomic E-state index is -0.608. The Kier molecular flexibility index (Phi) is 3.09. The summed E-state index contributed by atoms with van der Waals surface area (Å²) in [7, 11) is 1.88. The first-order valence-electron chi connectivity index (χ1n) is 7.11. The summed E-state index contributed by atoms with van der Waals surface area (Å²) in [5, 5.41) is 13.3. The molecule has 2 heterocycles. The van der Waals surface area contributed by atoms with Crippen molar-refractivity contribution in [1.82, 2.24) is 9.97 Å². The molecule has 1 saturated heterocycles. The van der Waals surface area contributed by atoms with E-state index in [9.17, 15) is 5.11 Å². The molecule has 104 valence electrons. The monoisotopic (exact) mass is 262 g/mol. The second-order valence-corrected chi connectivity index (χ2v) is 6.02. The molecule has 0 aromatic carbocycles. The maximum absolute atomic E-state index is 10.2. The van der Waals surface area contributed by atoms with Gasteiger partial charge in [-0.3, -0.25) is 0 Å². The van der Waals surface area contributed by atoms with E-state index in [1.807, 2.05) is 20.0 Å². The third-order valence-corrected chi connectivity index (χ3v) is 3.93. The predicted molar refractivity (Wildman–Crippen MR) is 75.6 cm³/mol. The van der Waals surface area contributed by atoms with Gasteiger partial charge in [-0.2, -0.15) is 0 Å². The van der Waals surface area contributed by atoms with Crippen molar-refractivity contribution in [2.75, 3.05) is 30.4 Å². The number of β-amino-alcohol motifs (C(OH)–C–C–N with tert-alkyl or cyclic N) is 1. The van der Waals surface area contributed by atoms with Crippen LogP contribution in [0.2, 0.25) is 0 Å². The molecule has 1 unspecified atom stereocenters. The van der Waals surface area contributed by atoms with Gasteiger partial charge in [0.05, 0.1) is 5.60 Å². The first-order chi connectivity index (χ1) is 9.07. The van der Waals surface area contributed by atoms with Gasteiger partial charge in [-0.25, -0.2) is 9.97 Å². The zero-order valence-corrected chi connectivity index (χ0v) is 11.7. The lowest BCUT2D eigenvalue weighted by atomic mass is 9.95. The van der Waals surface area contributed by atoms with Gasteiger partial charge in [0.2, 0.25) is 0 Å². The van der Waals surface area contributed by atoms with Crippen molar-refractivity contribution < 1.29 is 5.11 Å². The number of hydrogen-bond acceptors (Lipinski definition) is 5. The fraction of sp³-hybridized carbons (Fsp3) is 0.714. The van der Waals surface area contributed by atoms with E-state index in [1.54, 1.807) is 0 Å². The average molecular weight is 262 g/mol. The fourth-order valence-electron chi connectivity index (χ4n) is 2.68. The maximum Gasteiger partial charge on any atom is 0.136 e. The average Bonchev–Trinajstić information content (AvgIpc) is 3.21. The molecular weight excluding hydrogens is 240 g/mol. The first-order valence-corrected chi connectivity index (χ1v) is 7.11. The van der Waals surface area contributed by atoms with E-state index in [0.29, 0.717) is 12.5 Å². The van der Waals surface area contributed by atoms with Crippen LogP contribution in [-0.2, 0) is 0 Å². The van der Waals surface area contributed by atoms with Gasteiger partial charge in [-0.05, 0) is 32.6 Å². The first kappa shape index (κ1) is 12.7. The Labute approximate surface area is 114 Å². The van der Waals surface area contributed by atoms with Crippen molar-refractivity contribution in [3.63, 3.8) is 0 Å². The zero-order valence-electron chi connectivity index (χ0n) is 11.7. The minimum Gasteiger partial charge on any atom is -0.388 e. The maximum atomic E-state index is 10.2. The summed E-state index contributed by atoms with van der Waals surface area (Å²) < 4.78 is 0. The summed E-state index contributed by atoms with van der Waals surface area (Å²) >= 11 is 0. The molecule has 2 N–H and O–H groups in total. The number of piperidine rings is 1. The highest BCUT2D eigenvalue weighted by molar-refractivity contribution is 5.50. The second-order valence-electron chi connectivity index (χ2n) is 6.02. The van der Waals surface area contributed by atoms with Crippen LogP contribution in [0.3, 0.4) is 0 Å². The van der Waals surface area contributed by atoms with E-state index >= 15 is 0 Å². The van der Waals surface area contributed by atoms with E-state index < -0.39 is 5.60 Å². The summed E-state index contributed by atoms with van der Waals surface area (Å²) in [6, 6.07) is 1.98. The van der Waals surface area contributed by atoms with Gasteiger partial charge in [0, 0.05) is 32.1 Å². The summed E-state index contributed by atoms with van der Waals surface area (Å²) in [6.45, 7) is 3.51. The standard InChI is InChI=1S/C14H22N4O/c1-14(19)6-3-7-18(9-14)12-8-11(15-2)16-13(17-12)10-4-5-10/h8,10,19H,3-7,9H2,1-2H3,(H,15,16,17). The lowest BCUT2D eigenvalue weighted by molar-refractivity contribution is 0.0447. The number of anilines is 2. The Balaban J connectivity index is 1.88. The molecule has 3 rings (SSSR count). The Morgan fingerprint density at radius 1 is 1.42 bits per heavy atom.